The number of rotatable bonds is 7. The summed E-state index contributed by atoms with van der Waals surface area (Å²) in [4.78, 5) is 11.2. The molecule has 0 radical (unpaired) electrons. The smallest absolute Gasteiger partial charge is 0.248 e. The first-order valence-electron chi connectivity index (χ1n) is 7.12. The number of benzene rings is 1. The van der Waals surface area contributed by atoms with E-state index < -0.39 is 15.9 Å². The van der Waals surface area contributed by atoms with Crippen molar-refractivity contribution in [3.63, 3.8) is 0 Å². The van der Waals surface area contributed by atoms with Gasteiger partial charge in [0.05, 0.1) is 12.7 Å². The van der Waals surface area contributed by atoms with Crippen molar-refractivity contribution in [1.29, 1.82) is 0 Å². The monoisotopic (exact) mass is 328 g/mol. The van der Waals surface area contributed by atoms with Crippen LogP contribution < -0.4 is 15.2 Å². The van der Waals surface area contributed by atoms with Crippen molar-refractivity contribution in [3.05, 3.63) is 23.8 Å². The van der Waals surface area contributed by atoms with Crippen molar-refractivity contribution in [2.45, 2.75) is 30.8 Å². The summed E-state index contributed by atoms with van der Waals surface area (Å²) in [6, 6.07) is 4.10. The lowest BCUT2D eigenvalue weighted by molar-refractivity contribution is 0.1000. The Morgan fingerprint density at radius 3 is 2.86 bits per heavy atom. The standard InChI is InChI=1S/C14H20N2O5S/c1-2-20-12-6-5-10(14(15)17)8-13(12)22(18,19)16-9-11-4-3-7-21-11/h5-6,8,11,16H,2-4,7,9H2,1H3,(H2,15,17). The molecule has 7 nitrogen and oxygen atoms in total. The molecule has 1 atom stereocenters. The van der Waals surface area contributed by atoms with Crippen molar-refractivity contribution in [2.24, 2.45) is 5.73 Å². The molecule has 1 fully saturated rings. The number of primary amides is 1. The normalized spacial score (nSPS) is 18.3. The quantitative estimate of drug-likeness (QED) is 0.764. The number of carbonyl (C=O) groups is 1. The molecule has 0 aromatic heterocycles. The van der Waals surface area contributed by atoms with Crippen LogP contribution in [-0.2, 0) is 14.8 Å². The number of nitrogens with one attached hydrogen (secondary N) is 1. The van der Waals surface area contributed by atoms with E-state index in [9.17, 15) is 13.2 Å². The first-order valence-corrected chi connectivity index (χ1v) is 8.60. The van der Waals surface area contributed by atoms with Crippen LogP contribution >= 0.6 is 0 Å². The third-order valence-corrected chi connectivity index (χ3v) is 4.79. The van der Waals surface area contributed by atoms with Gasteiger partial charge in [-0.15, -0.1) is 0 Å². The van der Waals surface area contributed by atoms with E-state index in [-0.39, 0.29) is 28.9 Å². The molecule has 0 bridgehead atoms. The molecule has 122 valence electrons. The van der Waals surface area contributed by atoms with Gasteiger partial charge in [0.2, 0.25) is 15.9 Å². The summed E-state index contributed by atoms with van der Waals surface area (Å²) in [7, 11) is -3.82. The highest BCUT2D eigenvalue weighted by atomic mass is 32.2. The Labute approximate surface area is 129 Å². The fourth-order valence-electron chi connectivity index (χ4n) is 2.23. The van der Waals surface area contributed by atoms with E-state index in [1.165, 1.54) is 18.2 Å². The van der Waals surface area contributed by atoms with E-state index in [1.54, 1.807) is 6.92 Å². The molecule has 3 N–H and O–H groups in total. The highest BCUT2D eigenvalue weighted by Gasteiger charge is 2.24. The molecular weight excluding hydrogens is 308 g/mol. The molecule has 0 spiro atoms. The van der Waals surface area contributed by atoms with Crippen LogP contribution in [-0.4, -0.2) is 40.2 Å². The lowest BCUT2D eigenvalue weighted by atomic mass is 10.2. The van der Waals surface area contributed by atoms with Gasteiger partial charge in [0.1, 0.15) is 10.6 Å². The van der Waals surface area contributed by atoms with Gasteiger partial charge < -0.3 is 15.2 Å². The Hall–Kier alpha value is -1.64. The predicted molar refractivity (Wildman–Crippen MR) is 80.3 cm³/mol. The molecule has 0 aliphatic carbocycles. The Kier molecular flexibility index (Phi) is 5.38. The fourth-order valence-corrected chi connectivity index (χ4v) is 3.47. The minimum absolute atomic E-state index is 0.0938. The second-order valence-electron chi connectivity index (χ2n) is 4.95. The van der Waals surface area contributed by atoms with E-state index in [0.717, 1.165) is 12.8 Å². The van der Waals surface area contributed by atoms with Crippen LogP contribution in [0, 0.1) is 0 Å². The van der Waals surface area contributed by atoms with Crippen LogP contribution in [0.3, 0.4) is 0 Å². The van der Waals surface area contributed by atoms with Crippen LogP contribution in [0.25, 0.3) is 0 Å². The van der Waals surface area contributed by atoms with E-state index >= 15 is 0 Å². The maximum Gasteiger partial charge on any atom is 0.248 e. The molecular formula is C14H20N2O5S. The van der Waals surface area contributed by atoms with Crippen molar-refractivity contribution >= 4 is 15.9 Å². The highest BCUT2D eigenvalue weighted by molar-refractivity contribution is 7.89. The number of hydrogen-bond acceptors (Lipinski definition) is 5. The maximum atomic E-state index is 12.5. The summed E-state index contributed by atoms with van der Waals surface area (Å²) < 4.78 is 38.1. The largest absolute Gasteiger partial charge is 0.492 e. The first kappa shape index (κ1) is 16.7. The van der Waals surface area contributed by atoms with Gasteiger partial charge in [0, 0.05) is 18.7 Å². The summed E-state index contributed by atoms with van der Waals surface area (Å²) in [5.74, 6) is -0.508. The third kappa shape index (κ3) is 3.96. The second-order valence-corrected chi connectivity index (χ2v) is 6.68. The summed E-state index contributed by atoms with van der Waals surface area (Å²) >= 11 is 0. The molecule has 22 heavy (non-hydrogen) atoms. The molecule has 1 aliphatic rings. The van der Waals surface area contributed by atoms with Crippen molar-refractivity contribution in [1.82, 2.24) is 4.72 Å². The van der Waals surface area contributed by atoms with E-state index in [4.69, 9.17) is 15.2 Å². The van der Waals surface area contributed by atoms with Crippen LogP contribution in [0.5, 0.6) is 5.75 Å². The highest BCUT2D eigenvalue weighted by Crippen LogP contribution is 2.25. The van der Waals surface area contributed by atoms with Gasteiger partial charge in [-0.3, -0.25) is 4.79 Å². The lowest BCUT2D eigenvalue weighted by Gasteiger charge is -2.14. The minimum Gasteiger partial charge on any atom is -0.492 e. The second kappa shape index (κ2) is 7.08. The van der Waals surface area contributed by atoms with Gasteiger partial charge in [0.25, 0.3) is 0 Å². The SMILES string of the molecule is CCOc1ccc(C(N)=O)cc1S(=O)(=O)NCC1CCCO1. The Balaban J connectivity index is 2.25. The van der Waals surface area contributed by atoms with Gasteiger partial charge in [-0.1, -0.05) is 0 Å². The van der Waals surface area contributed by atoms with Crippen LogP contribution in [0.4, 0.5) is 0 Å². The van der Waals surface area contributed by atoms with Crippen molar-refractivity contribution in [2.75, 3.05) is 19.8 Å². The van der Waals surface area contributed by atoms with Crippen LogP contribution in [0.1, 0.15) is 30.1 Å². The van der Waals surface area contributed by atoms with E-state index in [1.807, 2.05) is 0 Å². The zero-order chi connectivity index (χ0) is 16.2. The Morgan fingerprint density at radius 1 is 1.50 bits per heavy atom. The summed E-state index contributed by atoms with van der Waals surface area (Å²) in [5, 5.41) is 0. The van der Waals surface area contributed by atoms with Crippen LogP contribution in [0.2, 0.25) is 0 Å². The molecule has 1 amide bonds. The van der Waals surface area contributed by atoms with Crippen LogP contribution in [0.15, 0.2) is 23.1 Å². The predicted octanol–water partition coefficient (Wildman–Crippen LogP) is 0.641. The maximum absolute atomic E-state index is 12.5. The molecule has 1 saturated heterocycles. The molecule has 1 aliphatic heterocycles. The molecule has 8 heteroatoms. The Morgan fingerprint density at radius 2 is 2.27 bits per heavy atom. The number of carbonyl (C=O) groups excluding carboxylic acids is 1. The minimum atomic E-state index is -3.82. The van der Waals surface area contributed by atoms with E-state index in [0.29, 0.717) is 13.2 Å². The number of hydrogen-bond donors (Lipinski definition) is 2. The summed E-state index contributed by atoms with van der Waals surface area (Å²) in [6.07, 6.45) is 1.63. The van der Waals surface area contributed by atoms with Gasteiger partial charge in [-0.05, 0) is 38.0 Å². The first-order chi connectivity index (χ1) is 10.4. The fraction of sp³-hybridized carbons (Fsp3) is 0.500. The third-order valence-electron chi connectivity index (χ3n) is 3.34. The van der Waals surface area contributed by atoms with Gasteiger partial charge in [-0.2, -0.15) is 0 Å². The van der Waals surface area contributed by atoms with Crippen molar-refractivity contribution < 1.29 is 22.7 Å². The van der Waals surface area contributed by atoms with Gasteiger partial charge in [-0.25, -0.2) is 13.1 Å². The average Bonchev–Trinajstić information content (AvgIpc) is 2.99. The lowest BCUT2D eigenvalue weighted by Crippen LogP contribution is -2.32. The topological polar surface area (TPSA) is 108 Å². The molecule has 1 aromatic rings. The number of sulfonamides is 1. The average molecular weight is 328 g/mol. The van der Waals surface area contributed by atoms with E-state index in [2.05, 4.69) is 4.72 Å². The molecule has 1 heterocycles. The molecule has 1 unspecified atom stereocenters. The Bertz CT molecular complexity index is 639. The number of amides is 1. The van der Waals surface area contributed by atoms with Crippen molar-refractivity contribution in [3.8, 4) is 5.75 Å². The summed E-state index contributed by atoms with van der Waals surface area (Å²) in [5.41, 5.74) is 5.32. The zero-order valence-corrected chi connectivity index (χ0v) is 13.2. The number of ether oxygens (including phenoxy) is 2. The molecule has 0 saturated carbocycles. The van der Waals surface area contributed by atoms with Gasteiger partial charge in [0.15, 0.2) is 0 Å². The number of nitrogens with two attached hydrogens (primary N) is 1. The van der Waals surface area contributed by atoms with Gasteiger partial charge >= 0.3 is 0 Å². The zero-order valence-electron chi connectivity index (χ0n) is 12.4. The summed E-state index contributed by atoms with van der Waals surface area (Å²) in [6.45, 7) is 2.89. The molecule has 1 aromatic carbocycles. The molecule has 2 rings (SSSR count).